The van der Waals surface area contributed by atoms with Gasteiger partial charge in [0.25, 0.3) is 17.3 Å². The fourth-order valence-electron chi connectivity index (χ4n) is 1.62. The van der Waals surface area contributed by atoms with Crippen LogP contribution in [0.15, 0.2) is 41.0 Å². The molecule has 21 heavy (non-hydrogen) atoms. The van der Waals surface area contributed by atoms with E-state index < -0.39 is 27.1 Å². The van der Waals surface area contributed by atoms with E-state index in [0.717, 1.165) is 18.2 Å². The molecule has 1 amide bonds. The summed E-state index contributed by atoms with van der Waals surface area (Å²) in [6.07, 6.45) is 1.43. The summed E-state index contributed by atoms with van der Waals surface area (Å²) in [5, 5.41) is 23.9. The molecule has 0 aliphatic heterocycles. The van der Waals surface area contributed by atoms with E-state index in [2.05, 4.69) is 5.32 Å². The number of nitrogens with zero attached hydrogens (tertiary/aromatic N) is 2. The summed E-state index contributed by atoms with van der Waals surface area (Å²) in [4.78, 5) is 31.8. The van der Waals surface area contributed by atoms with Crippen molar-refractivity contribution in [3.8, 4) is 0 Å². The number of nitro groups is 2. The highest BCUT2D eigenvalue weighted by atomic mass is 16.6. The Hall–Kier alpha value is -3.23. The van der Waals surface area contributed by atoms with Gasteiger partial charge in [-0.3, -0.25) is 25.0 Å². The maximum Gasteiger partial charge on any atom is 0.277 e. The van der Waals surface area contributed by atoms with E-state index in [9.17, 15) is 25.0 Å². The van der Waals surface area contributed by atoms with Crippen LogP contribution in [0.1, 0.15) is 16.1 Å². The Labute approximate surface area is 117 Å². The number of nitro benzene ring substituents is 2. The number of nitrogens with one attached hydrogen (secondary N) is 1. The second kappa shape index (κ2) is 5.82. The normalized spacial score (nSPS) is 10.1. The molecule has 0 saturated heterocycles. The molecule has 0 aliphatic rings. The van der Waals surface area contributed by atoms with Gasteiger partial charge >= 0.3 is 0 Å². The lowest BCUT2D eigenvalue weighted by Crippen LogP contribution is -2.22. The molecule has 1 aromatic carbocycles. The zero-order chi connectivity index (χ0) is 15.4. The summed E-state index contributed by atoms with van der Waals surface area (Å²) >= 11 is 0. The van der Waals surface area contributed by atoms with Gasteiger partial charge in [0.15, 0.2) is 0 Å². The second-order valence-electron chi connectivity index (χ2n) is 4.01. The smallest absolute Gasteiger partial charge is 0.277 e. The van der Waals surface area contributed by atoms with E-state index in [4.69, 9.17) is 4.42 Å². The van der Waals surface area contributed by atoms with E-state index in [1.54, 1.807) is 12.1 Å². The van der Waals surface area contributed by atoms with E-state index >= 15 is 0 Å². The van der Waals surface area contributed by atoms with Crippen molar-refractivity contribution in [1.29, 1.82) is 0 Å². The van der Waals surface area contributed by atoms with Crippen LogP contribution in [0.25, 0.3) is 0 Å². The lowest BCUT2D eigenvalue weighted by Gasteiger charge is -2.03. The third kappa shape index (κ3) is 3.41. The standard InChI is InChI=1S/C12H9N3O6/c16-12(13-7-11-2-1-3-21-11)8-4-9(14(17)18)6-10(5-8)15(19)20/h1-6H,7H2,(H,13,16). The predicted octanol–water partition coefficient (Wildman–Crippen LogP) is 2.03. The summed E-state index contributed by atoms with van der Waals surface area (Å²) in [6, 6.07) is 6.02. The highest BCUT2D eigenvalue weighted by Gasteiger charge is 2.19. The molecular formula is C12H9N3O6. The first-order valence-corrected chi connectivity index (χ1v) is 5.72. The molecule has 108 valence electrons. The molecule has 0 atom stereocenters. The van der Waals surface area contributed by atoms with Gasteiger partial charge in [-0.25, -0.2) is 0 Å². The fourth-order valence-corrected chi connectivity index (χ4v) is 1.62. The molecule has 0 spiro atoms. The molecule has 0 fully saturated rings. The third-order valence-electron chi connectivity index (χ3n) is 2.59. The van der Waals surface area contributed by atoms with Crippen LogP contribution in [0.2, 0.25) is 0 Å². The zero-order valence-corrected chi connectivity index (χ0v) is 10.5. The van der Waals surface area contributed by atoms with Gasteiger partial charge in [0.2, 0.25) is 0 Å². The van der Waals surface area contributed by atoms with Crippen molar-refractivity contribution in [3.05, 3.63) is 68.1 Å². The van der Waals surface area contributed by atoms with E-state index in [-0.39, 0.29) is 12.1 Å². The summed E-state index contributed by atoms with van der Waals surface area (Å²) < 4.78 is 5.01. The first-order valence-electron chi connectivity index (χ1n) is 5.72. The van der Waals surface area contributed by atoms with Crippen molar-refractivity contribution < 1.29 is 19.1 Å². The van der Waals surface area contributed by atoms with Crippen LogP contribution in [0.5, 0.6) is 0 Å². The van der Waals surface area contributed by atoms with Crippen LogP contribution in [0.3, 0.4) is 0 Å². The number of non-ortho nitro benzene ring substituents is 2. The Kier molecular flexibility index (Phi) is 3.93. The average Bonchev–Trinajstić information content (AvgIpc) is 2.97. The monoisotopic (exact) mass is 291 g/mol. The molecular weight excluding hydrogens is 282 g/mol. The minimum atomic E-state index is -0.795. The quantitative estimate of drug-likeness (QED) is 0.662. The molecule has 1 heterocycles. The number of hydrogen-bond donors (Lipinski definition) is 1. The Balaban J connectivity index is 2.23. The molecule has 2 rings (SSSR count). The van der Waals surface area contributed by atoms with Gasteiger partial charge in [0.1, 0.15) is 5.76 Å². The molecule has 1 aromatic heterocycles. The molecule has 0 aliphatic carbocycles. The number of carbonyl (C=O) groups excluding carboxylic acids is 1. The van der Waals surface area contributed by atoms with Crippen LogP contribution in [0, 0.1) is 20.2 Å². The molecule has 0 radical (unpaired) electrons. The van der Waals surface area contributed by atoms with E-state index in [0.29, 0.717) is 5.76 Å². The summed E-state index contributed by atoms with van der Waals surface area (Å²) in [7, 11) is 0. The predicted molar refractivity (Wildman–Crippen MR) is 69.6 cm³/mol. The minimum Gasteiger partial charge on any atom is -0.467 e. The number of rotatable bonds is 5. The molecule has 0 bridgehead atoms. The molecule has 0 unspecified atom stereocenters. The Morgan fingerprint density at radius 1 is 1.14 bits per heavy atom. The lowest BCUT2D eigenvalue weighted by atomic mass is 10.1. The zero-order valence-electron chi connectivity index (χ0n) is 10.5. The Bertz CT molecular complexity index is 663. The summed E-state index contributed by atoms with van der Waals surface area (Å²) in [6.45, 7) is 0.0717. The van der Waals surface area contributed by atoms with Crippen LogP contribution < -0.4 is 5.32 Å². The number of benzene rings is 1. The first-order chi connectivity index (χ1) is 9.97. The number of carbonyl (C=O) groups is 1. The number of furan rings is 1. The van der Waals surface area contributed by atoms with Gasteiger partial charge in [-0.15, -0.1) is 0 Å². The van der Waals surface area contributed by atoms with Gasteiger partial charge in [-0.05, 0) is 12.1 Å². The van der Waals surface area contributed by atoms with Crippen molar-refractivity contribution in [2.24, 2.45) is 0 Å². The van der Waals surface area contributed by atoms with Crippen molar-refractivity contribution in [2.45, 2.75) is 6.54 Å². The van der Waals surface area contributed by atoms with Crippen LogP contribution in [-0.2, 0) is 6.54 Å². The SMILES string of the molecule is O=C(NCc1ccco1)c1cc([N+](=O)[O-])cc([N+](=O)[O-])c1. The average molecular weight is 291 g/mol. The largest absolute Gasteiger partial charge is 0.467 e. The van der Waals surface area contributed by atoms with Gasteiger partial charge in [-0.2, -0.15) is 0 Å². The lowest BCUT2D eigenvalue weighted by molar-refractivity contribution is -0.394. The minimum absolute atomic E-state index is 0.0717. The maximum atomic E-state index is 11.9. The molecule has 9 heteroatoms. The van der Waals surface area contributed by atoms with Crippen molar-refractivity contribution in [1.82, 2.24) is 5.32 Å². The highest BCUT2D eigenvalue weighted by molar-refractivity contribution is 5.95. The van der Waals surface area contributed by atoms with Crippen LogP contribution >= 0.6 is 0 Å². The summed E-state index contributed by atoms with van der Waals surface area (Å²) in [5.41, 5.74) is -1.21. The van der Waals surface area contributed by atoms with Crippen LogP contribution in [-0.4, -0.2) is 15.8 Å². The Morgan fingerprint density at radius 3 is 2.24 bits per heavy atom. The van der Waals surface area contributed by atoms with Gasteiger partial charge < -0.3 is 9.73 Å². The van der Waals surface area contributed by atoms with Crippen molar-refractivity contribution in [3.63, 3.8) is 0 Å². The topological polar surface area (TPSA) is 129 Å². The number of hydrogen-bond acceptors (Lipinski definition) is 6. The first kappa shape index (κ1) is 14.2. The van der Waals surface area contributed by atoms with Gasteiger partial charge in [0, 0.05) is 12.1 Å². The van der Waals surface area contributed by atoms with Crippen molar-refractivity contribution in [2.75, 3.05) is 0 Å². The molecule has 2 aromatic rings. The Morgan fingerprint density at radius 2 is 1.76 bits per heavy atom. The molecule has 1 N–H and O–H groups in total. The summed E-state index contributed by atoms with van der Waals surface area (Å²) in [5.74, 6) is -0.179. The van der Waals surface area contributed by atoms with E-state index in [1.165, 1.54) is 6.26 Å². The fraction of sp³-hybridized carbons (Fsp3) is 0.0833. The van der Waals surface area contributed by atoms with Gasteiger partial charge in [-0.1, -0.05) is 0 Å². The van der Waals surface area contributed by atoms with Crippen LogP contribution in [0.4, 0.5) is 11.4 Å². The maximum absolute atomic E-state index is 11.9. The number of amides is 1. The van der Waals surface area contributed by atoms with Crippen molar-refractivity contribution >= 4 is 17.3 Å². The second-order valence-corrected chi connectivity index (χ2v) is 4.01. The van der Waals surface area contributed by atoms with Gasteiger partial charge in [0.05, 0.1) is 34.3 Å². The highest BCUT2D eigenvalue weighted by Crippen LogP contribution is 2.22. The third-order valence-corrected chi connectivity index (χ3v) is 2.59. The molecule has 9 nitrogen and oxygen atoms in total. The molecule has 0 saturated carbocycles. The van der Waals surface area contributed by atoms with E-state index in [1.807, 2.05) is 0 Å².